The maximum atomic E-state index is 14.4. The molecule has 8 nitrogen and oxygen atoms in total. The molecule has 1 aromatic carbocycles. The highest BCUT2D eigenvalue weighted by Crippen LogP contribution is 2.32. The van der Waals surface area contributed by atoms with E-state index < -0.39 is 21.7 Å². The standard InChI is InChI=1S/C20H16ClF2N5O3S/c1-10-14-6-13(8-25-20(14)27-26-10)31-9-15-16(23)3-4-17(19(15)21)28-32(29,30)18-5-12(22)7-24-11(18)2/h3-8,28H,9H2,1-2H3,(H,25,26,27). The summed E-state index contributed by atoms with van der Waals surface area (Å²) in [6.07, 6.45) is 2.35. The quantitative estimate of drug-likeness (QED) is 0.427. The SMILES string of the molecule is Cc1ncc(F)cc1S(=O)(=O)Nc1ccc(F)c(COc2cnc3[nH]nc(C)c3c2)c1Cl. The van der Waals surface area contributed by atoms with Gasteiger partial charge in [-0.25, -0.2) is 22.2 Å². The molecule has 0 bridgehead atoms. The van der Waals surface area contributed by atoms with E-state index in [1.54, 1.807) is 13.0 Å². The molecule has 4 rings (SSSR count). The Balaban J connectivity index is 1.60. The molecule has 3 aromatic heterocycles. The number of ether oxygens (including phenoxy) is 1. The van der Waals surface area contributed by atoms with Crippen LogP contribution in [0.2, 0.25) is 5.02 Å². The number of aromatic amines is 1. The van der Waals surface area contributed by atoms with E-state index in [2.05, 4.69) is 24.9 Å². The van der Waals surface area contributed by atoms with Gasteiger partial charge in [-0.15, -0.1) is 0 Å². The van der Waals surface area contributed by atoms with Gasteiger partial charge < -0.3 is 4.74 Å². The van der Waals surface area contributed by atoms with Crippen LogP contribution in [0.3, 0.4) is 0 Å². The minimum absolute atomic E-state index is 0.0648. The van der Waals surface area contributed by atoms with E-state index in [-0.39, 0.29) is 33.5 Å². The van der Waals surface area contributed by atoms with E-state index in [1.807, 2.05) is 0 Å². The number of nitrogens with zero attached hydrogens (tertiary/aromatic N) is 3. The third-order valence-corrected chi connectivity index (χ3v) is 6.60. The Morgan fingerprint density at radius 2 is 1.91 bits per heavy atom. The first-order chi connectivity index (χ1) is 15.2. The minimum atomic E-state index is -4.23. The maximum absolute atomic E-state index is 14.4. The summed E-state index contributed by atoms with van der Waals surface area (Å²) in [5, 5.41) is 7.37. The number of fused-ring (bicyclic) bond motifs is 1. The molecule has 0 atom stereocenters. The van der Waals surface area contributed by atoms with E-state index in [1.165, 1.54) is 19.2 Å². The predicted octanol–water partition coefficient (Wildman–Crippen LogP) is 4.28. The average molecular weight is 480 g/mol. The minimum Gasteiger partial charge on any atom is -0.487 e. The monoisotopic (exact) mass is 479 g/mol. The van der Waals surface area contributed by atoms with Gasteiger partial charge in [0.1, 0.15) is 28.9 Å². The highest BCUT2D eigenvalue weighted by molar-refractivity contribution is 7.92. The van der Waals surface area contributed by atoms with Crippen molar-refractivity contribution in [3.05, 3.63) is 70.3 Å². The van der Waals surface area contributed by atoms with Crippen LogP contribution in [0.15, 0.2) is 41.6 Å². The van der Waals surface area contributed by atoms with Crippen molar-refractivity contribution in [1.82, 2.24) is 20.2 Å². The van der Waals surface area contributed by atoms with E-state index in [9.17, 15) is 17.2 Å². The second kappa shape index (κ2) is 8.32. The van der Waals surface area contributed by atoms with Gasteiger partial charge in [-0.1, -0.05) is 11.6 Å². The van der Waals surface area contributed by atoms with Crippen LogP contribution in [0, 0.1) is 25.5 Å². The van der Waals surface area contributed by atoms with Gasteiger partial charge in [0.2, 0.25) is 0 Å². The van der Waals surface area contributed by atoms with Crippen LogP contribution in [-0.4, -0.2) is 28.6 Å². The lowest BCUT2D eigenvalue weighted by Crippen LogP contribution is -2.16. The fraction of sp³-hybridized carbons (Fsp3) is 0.150. The van der Waals surface area contributed by atoms with Crippen LogP contribution in [0.4, 0.5) is 14.5 Å². The van der Waals surface area contributed by atoms with Gasteiger partial charge in [0, 0.05) is 10.9 Å². The number of pyridine rings is 2. The molecular weight excluding hydrogens is 464 g/mol. The van der Waals surface area contributed by atoms with Gasteiger partial charge in [-0.3, -0.25) is 14.8 Å². The van der Waals surface area contributed by atoms with Crippen molar-refractivity contribution in [3.63, 3.8) is 0 Å². The molecule has 0 aliphatic carbocycles. The molecule has 4 aromatic rings. The number of nitrogens with one attached hydrogen (secondary N) is 2. The summed E-state index contributed by atoms with van der Waals surface area (Å²) in [6, 6.07) is 4.76. The predicted molar refractivity (Wildman–Crippen MR) is 114 cm³/mol. The molecular formula is C20H16ClF2N5O3S. The average Bonchev–Trinajstić information content (AvgIpc) is 3.12. The van der Waals surface area contributed by atoms with Crippen LogP contribution in [0.25, 0.3) is 11.0 Å². The Kier molecular flexibility index (Phi) is 5.70. The van der Waals surface area contributed by atoms with Crippen molar-refractivity contribution in [1.29, 1.82) is 0 Å². The largest absolute Gasteiger partial charge is 0.487 e. The van der Waals surface area contributed by atoms with Crippen molar-refractivity contribution >= 4 is 38.3 Å². The highest BCUT2D eigenvalue weighted by atomic mass is 35.5. The molecule has 0 radical (unpaired) electrons. The number of hydrogen-bond donors (Lipinski definition) is 2. The van der Waals surface area contributed by atoms with Gasteiger partial charge in [-0.05, 0) is 38.1 Å². The molecule has 3 heterocycles. The molecule has 12 heteroatoms. The molecule has 0 fully saturated rings. The number of aryl methyl sites for hydroxylation is 2. The Morgan fingerprint density at radius 1 is 1.12 bits per heavy atom. The fourth-order valence-electron chi connectivity index (χ4n) is 3.01. The van der Waals surface area contributed by atoms with E-state index >= 15 is 0 Å². The van der Waals surface area contributed by atoms with Crippen LogP contribution in [0.5, 0.6) is 5.75 Å². The highest BCUT2D eigenvalue weighted by Gasteiger charge is 2.22. The summed E-state index contributed by atoms with van der Waals surface area (Å²) in [6.45, 7) is 2.93. The lowest BCUT2D eigenvalue weighted by Gasteiger charge is -2.15. The normalized spacial score (nSPS) is 11.7. The number of rotatable bonds is 6. The lowest BCUT2D eigenvalue weighted by atomic mass is 10.2. The molecule has 0 spiro atoms. The Labute approximate surface area is 186 Å². The fourth-order valence-corrected chi connectivity index (χ4v) is 4.60. The topological polar surface area (TPSA) is 110 Å². The van der Waals surface area contributed by atoms with Crippen LogP contribution >= 0.6 is 11.6 Å². The smallest absolute Gasteiger partial charge is 0.263 e. The molecule has 0 unspecified atom stereocenters. The summed E-state index contributed by atoms with van der Waals surface area (Å²) in [5.74, 6) is -1.14. The Bertz CT molecular complexity index is 1440. The van der Waals surface area contributed by atoms with Crippen LogP contribution in [-0.2, 0) is 16.6 Å². The molecule has 0 aliphatic rings. The van der Waals surface area contributed by atoms with Crippen molar-refractivity contribution in [2.75, 3.05) is 4.72 Å². The zero-order valence-electron chi connectivity index (χ0n) is 16.8. The van der Waals surface area contributed by atoms with Gasteiger partial charge in [-0.2, -0.15) is 5.10 Å². The Hall–Kier alpha value is -3.31. The summed E-state index contributed by atoms with van der Waals surface area (Å²) >= 11 is 6.28. The summed E-state index contributed by atoms with van der Waals surface area (Å²) in [4.78, 5) is 7.53. The third-order valence-electron chi connectivity index (χ3n) is 4.69. The van der Waals surface area contributed by atoms with Gasteiger partial charge in [0.05, 0.1) is 34.5 Å². The number of H-pyrrole nitrogens is 1. The van der Waals surface area contributed by atoms with Gasteiger partial charge >= 0.3 is 0 Å². The number of hydrogen-bond acceptors (Lipinski definition) is 6. The lowest BCUT2D eigenvalue weighted by molar-refractivity contribution is 0.299. The second-order valence-electron chi connectivity index (χ2n) is 6.89. The first kappa shape index (κ1) is 21.9. The number of anilines is 1. The first-order valence-electron chi connectivity index (χ1n) is 9.21. The number of sulfonamides is 1. The van der Waals surface area contributed by atoms with E-state index in [0.29, 0.717) is 11.4 Å². The van der Waals surface area contributed by atoms with Gasteiger partial charge in [0.25, 0.3) is 10.0 Å². The van der Waals surface area contributed by atoms with Crippen LogP contribution < -0.4 is 9.46 Å². The Morgan fingerprint density at radius 3 is 2.69 bits per heavy atom. The zero-order valence-corrected chi connectivity index (χ0v) is 18.4. The molecule has 0 saturated carbocycles. The zero-order chi connectivity index (χ0) is 23.0. The summed E-state index contributed by atoms with van der Waals surface area (Å²) in [7, 11) is -4.23. The van der Waals surface area contributed by atoms with Crippen molar-refractivity contribution in [2.24, 2.45) is 0 Å². The molecule has 0 saturated heterocycles. The number of aromatic nitrogens is 4. The van der Waals surface area contributed by atoms with Crippen molar-refractivity contribution < 1.29 is 21.9 Å². The number of benzene rings is 1. The maximum Gasteiger partial charge on any atom is 0.263 e. The molecule has 0 aliphatic heterocycles. The van der Waals surface area contributed by atoms with Gasteiger partial charge in [0.15, 0.2) is 5.65 Å². The molecule has 0 amide bonds. The summed E-state index contributed by atoms with van der Waals surface area (Å²) in [5.41, 5.74) is 1.25. The second-order valence-corrected chi connectivity index (χ2v) is 8.92. The first-order valence-corrected chi connectivity index (χ1v) is 11.1. The van der Waals surface area contributed by atoms with E-state index in [4.69, 9.17) is 16.3 Å². The molecule has 166 valence electrons. The molecule has 2 N–H and O–H groups in total. The van der Waals surface area contributed by atoms with E-state index in [0.717, 1.165) is 29.4 Å². The summed E-state index contributed by atoms with van der Waals surface area (Å²) < 4.78 is 61.3. The number of halogens is 3. The third kappa shape index (κ3) is 4.21. The van der Waals surface area contributed by atoms with Crippen molar-refractivity contribution in [3.8, 4) is 5.75 Å². The molecule has 32 heavy (non-hydrogen) atoms. The van der Waals surface area contributed by atoms with Crippen LogP contribution in [0.1, 0.15) is 17.0 Å². The van der Waals surface area contributed by atoms with Crippen molar-refractivity contribution in [2.45, 2.75) is 25.3 Å².